The normalized spacial score (nSPS) is 17.8. The van der Waals surface area contributed by atoms with E-state index in [4.69, 9.17) is 4.74 Å². The van der Waals surface area contributed by atoms with Crippen molar-refractivity contribution < 1.29 is 36.2 Å². The number of fused-ring (bicyclic) bond motifs is 1. The molecule has 190 valence electrons. The average Bonchev–Trinajstić information content (AvgIpc) is 2.85. The van der Waals surface area contributed by atoms with Gasteiger partial charge in [-0.15, -0.1) is 0 Å². The van der Waals surface area contributed by atoms with E-state index in [1.54, 1.807) is 42.5 Å². The van der Waals surface area contributed by atoms with Gasteiger partial charge in [-0.1, -0.05) is 12.1 Å². The van der Waals surface area contributed by atoms with Crippen molar-refractivity contribution in [2.45, 2.75) is 36.1 Å². The number of halogens is 3. The Morgan fingerprint density at radius 1 is 1.06 bits per heavy atom. The molecule has 4 rings (SSSR count). The van der Waals surface area contributed by atoms with E-state index in [0.717, 1.165) is 17.7 Å². The van der Waals surface area contributed by atoms with E-state index in [0.29, 0.717) is 41.1 Å². The smallest absolute Gasteiger partial charge is 0.416 e. The number of aliphatic hydroxyl groups excluding tert-OH is 1. The van der Waals surface area contributed by atoms with Crippen LogP contribution < -0.4 is 14.8 Å². The summed E-state index contributed by atoms with van der Waals surface area (Å²) in [6, 6.07) is 13.6. The van der Waals surface area contributed by atoms with Gasteiger partial charge in [0, 0.05) is 11.3 Å². The number of sulfonamides is 1. The average molecular weight is 521 g/mol. The first-order valence-corrected chi connectivity index (χ1v) is 12.4. The number of ether oxygens (including phenoxy) is 1. The van der Waals surface area contributed by atoms with E-state index in [9.17, 15) is 31.5 Å². The minimum absolute atomic E-state index is 0.280. The van der Waals surface area contributed by atoms with Gasteiger partial charge in [0.2, 0.25) is 10.0 Å². The Bertz CT molecular complexity index is 1380. The number of carbonyl (C=O) groups is 1. The van der Waals surface area contributed by atoms with Gasteiger partial charge in [0.15, 0.2) is 0 Å². The zero-order valence-corrected chi connectivity index (χ0v) is 19.9. The van der Waals surface area contributed by atoms with Gasteiger partial charge < -0.3 is 15.2 Å². The lowest BCUT2D eigenvalue weighted by atomic mass is 9.86. The van der Waals surface area contributed by atoms with Gasteiger partial charge in [-0.25, -0.2) is 13.1 Å². The number of methoxy groups -OCH3 is 1. The van der Waals surface area contributed by atoms with Gasteiger partial charge >= 0.3 is 6.18 Å². The molecular weight excluding hydrogens is 497 g/mol. The molecule has 0 aromatic heterocycles. The molecule has 0 unspecified atom stereocenters. The van der Waals surface area contributed by atoms with Crippen LogP contribution in [0.3, 0.4) is 0 Å². The number of alkyl halides is 3. The molecule has 36 heavy (non-hydrogen) atoms. The number of hydrogen-bond acceptors (Lipinski definition) is 5. The molecule has 1 amide bonds. The Kier molecular flexibility index (Phi) is 7.07. The highest BCUT2D eigenvalue weighted by molar-refractivity contribution is 7.89. The topological polar surface area (TPSA) is 105 Å². The predicted octanol–water partition coefficient (Wildman–Crippen LogP) is 4.29. The van der Waals surface area contributed by atoms with Gasteiger partial charge in [0.25, 0.3) is 5.91 Å². The van der Waals surface area contributed by atoms with Gasteiger partial charge in [-0.05, 0) is 78.6 Å². The molecule has 0 bridgehead atoms. The van der Waals surface area contributed by atoms with Crippen LogP contribution in [0.15, 0.2) is 71.6 Å². The maximum atomic E-state index is 12.9. The van der Waals surface area contributed by atoms with Crippen LogP contribution in [0.1, 0.15) is 39.5 Å². The Morgan fingerprint density at radius 2 is 1.78 bits per heavy atom. The lowest BCUT2D eigenvalue weighted by Crippen LogP contribution is -2.39. The minimum Gasteiger partial charge on any atom is -0.497 e. The molecule has 0 radical (unpaired) electrons. The molecule has 0 saturated carbocycles. The standard InChI is InChI=1S/C25H23F3N2O5S/c1-35-19-4-2-3-16(13-19)24(32)29-18-9-5-15-6-12-22(31)23(21(15)14-18)30-36(33,34)20-10-7-17(8-11-20)25(26,27)28/h2-5,7-11,13-14,22-23,30-31H,6,12H2,1H3,(H,29,32)/t22-,23-/m1/s1. The molecule has 0 fully saturated rings. The monoisotopic (exact) mass is 520 g/mol. The predicted molar refractivity (Wildman–Crippen MR) is 126 cm³/mol. The minimum atomic E-state index is -4.60. The van der Waals surface area contributed by atoms with E-state index >= 15 is 0 Å². The molecule has 2 atom stereocenters. The Balaban J connectivity index is 1.59. The molecule has 11 heteroatoms. The third-order valence-corrected chi connectivity index (χ3v) is 7.40. The summed E-state index contributed by atoms with van der Waals surface area (Å²) in [6.45, 7) is 0. The van der Waals surface area contributed by atoms with Crippen molar-refractivity contribution in [1.29, 1.82) is 0 Å². The van der Waals surface area contributed by atoms with Crippen LogP contribution in [-0.4, -0.2) is 32.6 Å². The summed E-state index contributed by atoms with van der Waals surface area (Å²) in [5.74, 6) is 0.0982. The summed E-state index contributed by atoms with van der Waals surface area (Å²) in [6.07, 6.45) is -4.91. The third-order valence-electron chi connectivity index (χ3n) is 5.94. The highest BCUT2D eigenvalue weighted by atomic mass is 32.2. The van der Waals surface area contributed by atoms with Crippen LogP contribution in [0.2, 0.25) is 0 Å². The molecule has 3 aromatic carbocycles. The number of anilines is 1. The van der Waals surface area contributed by atoms with E-state index in [1.165, 1.54) is 7.11 Å². The van der Waals surface area contributed by atoms with Crippen molar-refractivity contribution in [3.63, 3.8) is 0 Å². The Morgan fingerprint density at radius 3 is 2.44 bits per heavy atom. The first kappa shape index (κ1) is 25.7. The van der Waals surface area contributed by atoms with Crippen LogP contribution in [0.5, 0.6) is 5.75 Å². The van der Waals surface area contributed by atoms with Gasteiger partial charge in [-0.2, -0.15) is 13.2 Å². The maximum absolute atomic E-state index is 12.9. The van der Waals surface area contributed by atoms with Crippen molar-refractivity contribution >= 4 is 21.6 Å². The third kappa shape index (κ3) is 5.53. The fourth-order valence-electron chi connectivity index (χ4n) is 4.04. The first-order valence-electron chi connectivity index (χ1n) is 10.9. The molecule has 0 heterocycles. The van der Waals surface area contributed by atoms with E-state index in [-0.39, 0.29) is 11.3 Å². The first-order chi connectivity index (χ1) is 17.0. The maximum Gasteiger partial charge on any atom is 0.416 e. The van der Waals surface area contributed by atoms with Gasteiger partial charge in [0.05, 0.1) is 29.7 Å². The highest BCUT2D eigenvalue weighted by Gasteiger charge is 2.34. The van der Waals surface area contributed by atoms with Crippen LogP contribution in [0.25, 0.3) is 0 Å². The SMILES string of the molecule is COc1cccc(C(=O)Nc2ccc3c(c2)[C@@H](NS(=O)(=O)c2ccc(C(F)(F)F)cc2)[C@H](O)CC3)c1. The number of aryl methyl sites for hydroxylation is 1. The molecule has 0 spiro atoms. The zero-order chi connectivity index (χ0) is 26.1. The van der Waals surface area contributed by atoms with Crippen molar-refractivity contribution in [3.05, 3.63) is 89.0 Å². The van der Waals surface area contributed by atoms with E-state index in [1.807, 2.05) is 0 Å². The summed E-state index contributed by atoms with van der Waals surface area (Å²) in [7, 11) is -2.78. The molecular formula is C25H23F3N2O5S. The number of hydrogen-bond donors (Lipinski definition) is 3. The second kappa shape index (κ2) is 9.92. The molecule has 3 N–H and O–H groups in total. The van der Waals surface area contributed by atoms with Gasteiger partial charge in [-0.3, -0.25) is 4.79 Å². The number of benzene rings is 3. The van der Waals surface area contributed by atoms with E-state index < -0.39 is 39.8 Å². The second-order valence-electron chi connectivity index (χ2n) is 8.33. The van der Waals surface area contributed by atoms with Crippen LogP contribution in [0.4, 0.5) is 18.9 Å². The summed E-state index contributed by atoms with van der Waals surface area (Å²) >= 11 is 0. The zero-order valence-electron chi connectivity index (χ0n) is 19.0. The van der Waals surface area contributed by atoms with Crippen molar-refractivity contribution in [2.24, 2.45) is 0 Å². The van der Waals surface area contributed by atoms with Crippen molar-refractivity contribution in [2.75, 3.05) is 12.4 Å². The summed E-state index contributed by atoms with van der Waals surface area (Å²) in [5, 5.41) is 13.4. The fraction of sp³-hybridized carbons (Fsp3) is 0.240. The Hall–Kier alpha value is -3.41. The number of amides is 1. The van der Waals surface area contributed by atoms with Crippen molar-refractivity contribution in [3.8, 4) is 5.75 Å². The summed E-state index contributed by atoms with van der Waals surface area (Å²) in [5.41, 5.74) is 1.01. The second-order valence-corrected chi connectivity index (χ2v) is 10.0. The van der Waals surface area contributed by atoms with Crippen LogP contribution >= 0.6 is 0 Å². The number of aliphatic hydroxyl groups is 1. The quantitative estimate of drug-likeness (QED) is 0.450. The molecule has 0 aliphatic heterocycles. The largest absolute Gasteiger partial charge is 0.497 e. The number of rotatable bonds is 6. The summed E-state index contributed by atoms with van der Waals surface area (Å²) in [4.78, 5) is 12.3. The molecule has 1 aliphatic rings. The number of nitrogens with one attached hydrogen (secondary N) is 2. The molecule has 7 nitrogen and oxygen atoms in total. The highest BCUT2D eigenvalue weighted by Crippen LogP contribution is 2.34. The van der Waals surface area contributed by atoms with Crippen molar-refractivity contribution in [1.82, 2.24) is 4.72 Å². The number of carbonyl (C=O) groups excluding carboxylic acids is 1. The van der Waals surface area contributed by atoms with Crippen LogP contribution in [0, 0.1) is 0 Å². The van der Waals surface area contributed by atoms with Crippen LogP contribution in [-0.2, 0) is 22.6 Å². The van der Waals surface area contributed by atoms with Gasteiger partial charge in [0.1, 0.15) is 5.75 Å². The molecule has 0 saturated heterocycles. The summed E-state index contributed by atoms with van der Waals surface area (Å²) < 4.78 is 72.0. The molecule has 1 aliphatic carbocycles. The lowest BCUT2D eigenvalue weighted by molar-refractivity contribution is -0.137. The molecule has 3 aromatic rings. The fourth-order valence-corrected chi connectivity index (χ4v) is 5.28. The Labute approximate surface area is 206 Å². The lowest BCUT2D eigenvalue weighted by Gasteiger charge is -2.31. The van der Waals surface area contributed by atoms with E-state index in [2.05, 4.69) is 10.0 Å².